The summed E-state index contributed by atoms with van der Waals surface area (Å²) in [4.78, 5) is 20.5. The second kappa shape index (κ2) is 10.7. The summed E-state index contributed by atoms with van der Waals surface area (Å²) < 4.78 is 5.44. The lowest BCUT2D eigenvalue weighted by molar-refractivity contribution is 0.122. The molecule has 0 aliphatic carbocycles. The first-order valence-corrected chi connectivity index (χ1v) is 11.1. The third-order valence-corrected chi connectivity index (χ3v) is 5.40. The zero-order chi connectivity index (χ0) is 21.5. The van der Waals surface area contributed by atoms with Gasteiger partial charge in [-0.1, -0.05) is 11.6 Å². The molecule has 2 aromatic heterocycles. The Balaban J connectivity index is 1.40. The molecular weight excluding hydrogens is 416 g/mol. The monoisotopic (exact) mass is 442 g/mol. The summed E-state index contributed by atoms with van der Waals surface area (Å²) in [6.07, 6.45) is 4.70. The third kappa shape index (κ3) is 5.78. The van der Waals surface area contributed by atoms with Crippen molar-refractivity contribution in [3.8, 4) is 0 Å². The number of benzene rings is 1. The summed E-state index contributed by atoms with van der Waals surface area (Å²) in [7, 11) is 0. The minimum atomic E-state index is 0.128. The Morgan fingerprint density at radius 1 is 1.03 bits per heavy atom. The van der Waals surface area contributed by atoms with Gasteiger partial charge in [-0.2, -0.15) is 9.97 Å². The second-order valence-electron chi connectivity index (χ2n) is 7.44. The molecule has 3 aromatic rings. The first kappa shape index (κ1) is 21.7. The molecule has 1 aromatic carbocycles. The SMILES string of the molecule is OCCCc1nc(CCCNc2ccnc3cc(Cl)ccc23)nc(N2CCOCC2)n1. The van der Waals surface area contributed by atoms with Gasteiger partial charge in [0.05, 0.1) is 18.7 Å². The summed E-state index contributed by atoms with van der Waals surface area (Å²) in [5.41, 5.74) is 1.91. The predicted octanol–water partition coefficient (Wildman–Crippen LogP) is 2.88. The lowest BCUT2D eigenvalue weighted by Gasteiger charge is -2.27. The van der Waals surface area contributed by atoms with Crippen LogP contribution >= 0.6 is 11.6 Å². The number of nitrogens with zero attached hydrogens (tertiary/aromatic N) is 5. The number of aliphatic hydroxyl groups is 1. The van der Waals surface area contributed by atoms with E-state index >= 15 is 0 Å². The van der Waals surface area contributed by atoms with Gasteiger partial charge in [-0.05, 0) is 37.1 Å². The molecule has 0 amide bonds. The molecule has 3 heterocycles. The summed E-state index contributed by atoms with van der Waals surface area (Å²) in [5, 5.41) is 14.4. The molecule has 8 nitrogen and oxygen atoms in total. The summed E-state index contributed by atoms with van der Waals surface area (Å²) in [5.74, 6) is 2.24. The van der Waals surface area contributed by atoms with Gasteiger partial charge in [0.15, 0.2) is 0 Å². The zero-order valence-corrected chi connectivity index (χ0v) is 18.2. The average Bonchev–Trinajstić information content (AvgIpc) is 2.81. The van der Waals surface area contributed by atoms with Crippen LogP contribution in [-0.2, 0) is 17.6 Å². The molecule has 0 spiro atoms. The van der Waals surface area contributed by atoms with Crippen LogP contribution in [0.1, 0.15) is 24.5 Å². The van der Waals surface area contributed by atoms with E-state index in [0.29, 0.717) is 37.0 Å². The smallest absolute Gasteiger partial charge is 0.229 e. The Kier molecular flexibility index (Phi) is 7.45. The molecule has 31 heavy (non-hydrogen) atoms. The van der Waals surface area contributed by atoms with E-state index in [1.165, 1.54) is 0 Å². The first-order valence-electron chi connectivity index (χ1n) is 10.7. The minimum absolute atomic E-state index is 0.128. The van der Waals surface area contributed by atoms with Crippen LogP contribution in [-0.4, -0.2) is 64.5 Å². The fraction of sp³-hybridized carbons (Fsp3) is 0.455. The van der Waals surface area contributed by atoms with Gasteiger partial charge in [0, 0.05) is 61.4 Å². The number of fused-ring (bicyclic) bond motifs is 1. The topological polar surface area (TPSA) is 96.3 Å². The van der Waals surface area contributed by atoms with Crippen LogP contribution < -0.4 is 10.2 Å². The van der Waals surface area contributed by atoms with Gasteiger partial charge < -0.3 is 20.1 Å². The number of rotatable bonds is 9. The van der Waals surface area contributed by atoms with E-state index in [0.717, 1.165) is 60.7 Å². The molecule has 1 fully saturated rings. The molecule has 0 radical (unpaired) electrons. The van der Waals surface area contributed by atoms with Crippen molar-refractivity contribution >= 4 is 34.1 Å². The highest BCUT2D eigenvalue weighted by atomic mass is 35.5. The summed E-state index contributed by atoms with van der Waals surface area (Å²) >= 11 is 6.08. The maximum absolute atomic E-state index is 9.17. The van der Waals surface area contributed by atoms with E-state index in [9.17, 15) is 0 Å². The number of halogens is 1. The van der Waals surface area contributed by atoms with E-state index < -0.39 is 0 Å². The normalized spacial score (nSPS) is 14.2. The Morgan fingerprint density at radius 2 is 1.81 bits per heavy atom. The van der Waals surface area contributed by atoms with Gasteiger partial charge >= 0.3 is 0 Å². The van der Waals surface area contributed by atoms with Gasteiger partial charge in [-0.15, -0.1) is 0 Å². The van der Waals surface area contributed by atoms with Crippen molar-refractivity contribution < 1.29 is 9.84 Å². The standard InChI is InChI=1S/C22H27ClN6O2/c23-16-5-6-17-18(7-9-25-19(17)15-16)24-8-1-3-20-26-21(4-2-12-30)28-22(27-20)29-10-13-31-14-11-29/h5-7,9,15,30H,1-4,8,10-14H2,(H,24,25). The molecule has 0 bridgehead atoms. The molecule has 0 saturated carbocycles. The van der Waals surface area contributed by atoms with Crippen molar-refractivity contribution in [3.05, 3.63) is 47.1 Å². The molecule has 1 aliphatic rings. The van der Waals surface area contributed by atoms with E-state index in [2.05, 4.69) is 25.2 Å². The Hall–Kier alpha value is -2.55. The highest BCUT2D eigenvalue weighted by Gasteiger charge is 2.16. The van der Waals surface area contributed by atoms with Crippen LogP contribution in [0.2, 0.25) is 5.02 Å². The quantitative estimate of drug-likeness (QED) is 0.488. The molecule has 1 saturated heterocycles. The van der Waals surface area contributed by atoms with Crippen molar-refractivity contribution in [3.63, 3.8) is 0 Å². The molecule has 0 unspecified atom stereocenters. The van der Waals surface area contributed by atoms with Gasteiger partial charge in [-0.3, -0.25) is 4.98 Å². The predicted molar refractivity (Wildman–Crippen MR) is 122 cm³/mol. The van der Waals surface area contributed by atoms with E-state index in [1.807, 2.05) is 24.3 Å². The average molecular weight is 443 g/mol. The summed E-state index contributed by atoms with van der Waals surface area (Å²) in [6.45, 7) is 3.84. The van der Waals surface area contributed by atoms with Crippen molar-refractivity contribution in [1.29, 1.82) is 0 Å². The lowest BCUT2D eigenvalue weighted by Crippen LogP contribution is -2.37. The Bertz CT molecular complexity index is 1010. The fourth-order valence-corrected chi connectivity index (χ4v) is 3.73. The number of pyridine rings is 1. The third-order valence-electron chi connectivity index (χ3n) is 5.17. The molecule has 2 N–H and O–H groups in total. The highest BCUT2D eigenvalue weighted by Crippen LogP contribution is 2.24. The molecule has 9 heteroatoms. The van der Waals surface area contributed by atoms with Crippen LogP contribution in [0.4, 0.5) is 11.6 Å². The molecule has 164 valence electrons. The summed E-state index contributed by atoms with van der Waals surface area (Å²) in [6, 6.07) is 7.71. The van der Waals surface area contributed by atoms with Gasteiger partial charge in [0.25, 0.3) is 0 Å². The number of hydrogen-bond donors (Lipinski definition) is 2. The van der Waals surface area contributed by atoms with Crippen molar-refractivity contribution in [1.82, 2.24) is 19.9 Å². The van der Waals surface area contributed by atoms with Crippen molar-refractivity contribution in [2.24, 2.45) is 0 Å². The van der Waals surface area contributed by atoms with Gasteiger partial charge in [-0.25, -0.2) is 4.98 Å². The van der Waals surface area contributed by atoms with Crippen LogP contribution in [0.5, 0.6) is 0 Å². The van der Waals surface area contributed by atoms with Crippen LogP contribution in [0.15, 0.2) is 30.5 Å². The number of aliphatic hydroxyl groups excluding tert-OH is 1. The molecular formula is C22H27ClN6O2. The number of ether oxygens (including phenoxy) is 1. The highest BCUT2D eigenvalue weighted by molar-refractivity contribution is 6.31. The molecule has 1 aliphatic heterocycles. The lowest BCUT2D eigenvalue weighted by atomic mass is 10.2. The van der Waals surface area contributed by atoms with Crippen molar-refractivity contribution in [2.45, 2.75) is 25.7 Å². The number of aromatic nitrogens is 4. The van der Waals surface area contributed by atoms with Crippen LogP contribution in [0.3, 0.4) is 0 Å². The van der Waals surface area contributed by atoms with E-state index in [1.54, 1.807) is 6.20 Å². The van der Waals surface area contributed by atoms with E-state index in [4.69, 9.17) is 26.4 Å². The number of anilines is 2. The number of morpholine rings is 1. The minimum Gasteiger partial charge on any atom is -0.396 e. The zero-order valence-electron chi connectivity index (χ0n) is 17.4. The maximum atomic E-state index is 9.17. The van der Waals surface area contributed by atoms with E-state index in [-0.39, 0.29) is 6.61 Å². The molecule has 4 rings (SSSR count). The Labute approximate surface area is 186 Å². The first-order chi connectivity index (χ1) is 15.2. The number of aryl methyl sites for hydroxylation is 2. The molecule has 0 atom stereocenters. The largest absolute Gasteiger partial charge is 0.396 e. The van der Waals surface area contributed by atoms with Gasteiger partial charge in [0.1, 0.15) is 11.6 Å². The maximum Gasteiger partial charge on any atom is 0.229 e. The fourth-order valence-electron chi connectivity index (χ4n) is 3.57. The van der Waals surface area contributed by atoms with Crippen molar-refractivity contribution in [2.75, 3.05) is 49.7 Å². The van der Waals surface area contributed by atoms with Gasteiger partial charge in [0.2, 0.25) is 5.95 Å². The number of hydrogen-bond acceptors (Lipinski definition) is 8. The second-order valence-corrected chi connectivity index (χ2v) is 7.88. The van der Waals surface area contributed by atoms with Crippen LogP contribution in [0, 0.1) is 0 Å². The number of nitrogens with one attached hydrogen (secondary N) is 1. The Morgan fingerprint density at radius 3 is 2.58 bits per heavy atom. The van der Waals surface area contributed by atoms with Crippen LogP contribution in [0.25, 0.3) is 10.9 Å².